The highest BCUT2D eigenvalue weighted by atomic mass is 127. The minimum atomic E-state index is 0. The van der Waals surface area contributed by atoms with E-state index in [-0.39, 0.29) is 36.5 Å². The Morgan fingerprint density at radius 3 is 2.54 bits per heavy atom. The van der Waals surface area contributed by atoms with Gasteiger partial charge in [0.05, 0.1) is 6.61 Å². The van der Waals surface area contributed by atoms with Gasteiger partial charge in [0.25, 0.3) is 0 Å². The van der Waals surface area contributed by atoms with Crippen molar-refractivity contribution in [1.82, 2.24) is 10.6 Å². The van der Waals surface area contributed by atoms with Gasteiger partial charge in [-0.3, -0.25) is 4.99 Å². The van der Waals surface area contributed by atoms with E-state index in [4.69, 9.17) is 0 Å². The molecule has 0 heterocycles. The summed E-state index contributed by atoms with van der Waals surface area (Å²) < 4.78 is 0. The fraction of sp³-hybridized carbons (Fsp3) is 0.632. The first-order valence-electron chi connectivity index (χ1n) is 8.85. The first-order valence-corrected chi connectivity index (χ1v) is 8.85. The standard InChI is InChI=1S/C19H31N3O.HI/c1-15-8-6-7-11-17(15)12-21-19(20-2)22-13-18(14-23)16-9-4-3-5-10-16;/h3-5,9-10,15,17-18,23H,6-8,11-14H2,1-2H3,(H2,20,21,22);1H. The van der Waals surface area contributed by atoms with Gasteiger partial charge in [-0.05, 0) is 23.8 Å². The van der Waals surface area contributed by atoms with E-state index in [1.807, 2.05) is 18.2 Å². The number of halogens is 1. The van der Waals surface area contributed by atoms with E-state index >= 15 is 0 Å². The summed E-state index contributed by atoms with van der Waals surface area (Å²) in [7, 11) is 1.80. The van der Waals surface area contributed by atoms with Gasteiger partial charge in [-0.15, -0.1) is 24.0 Å². The quantitative estimate of drug-likeness (QED) is 0.358. The Morgan fingerprint density at radius 1 is 1.21 bits per heavy atom. The van der Waals surface area contributed by atoms with Gasteiger partial charge >= 0.3 is 0 Å². The van der Waals surface area contributed by atoms with Crippen molar-refractivity contribution >= 4 is 29.9 Å². The number of rotatable bonds is 6. The van der Waals surface area contributed by atoms with Crippen molar-refractivity contribution in [3.63, 3.8) is 0 Å². The lowest BCUT2D eigenvalue weighted by atomic mass is 9.80. The number of hydrogen-bond acceptors (Lipinski definition) is 2. The van der Waals surface area contributed by atoms with Crippen molar-refractivity contribution in [2.45, 2.75) is 38.5 Å². The lowest BCUT2D eigenvalue weighted by Gasteiger charge is -2.29. The van der Waals surface area contributed by atoms with E-state index in [2.05, 4.69) is 34.7 Å². The predicted octanol–water partition coefficient (Wildman–Crippen LogP) is 3.37. The maximum atomic E-state index is 9.63. The number of hydrogen-bond donors (Lipinski definition) is 3. The normalized spacial score (nSPS) is 22.4. The molecule has 0 amide bonds. The summed E-state index contributed by atoms with van der Waals surface area (Å²) in [6.45, 7) is 4.16. The van der Waals surface area contributed by atoms with Crippen LogP contribution in [-0.2, 0) is 0 Å². The summed E-state index contributed by atoms with van der Waals surface area (Å²) >= 11 is 0. The maximum Gasteiger partial charge on any atom is 0.191 e. The van der Waals surface area contributed by atoms with E-state index in [0.29, 0.717) is 6.54 Å². The molecule has 4 nitrogen and oxygen atoms in total. The highest BCUT2D eigenvalue weighted by Crippen LogP contribution is 2.28. The van der Waals surface area contributed by atoms with Gasteiger partial charge in [-0.2, -0.15) is 0 Å². The van der Waals surface area contributed by atoms with Crippen molar-refractivity contribution < 1.29 is 5.11 Å². The number of nitrogens with one attached hydrogen (secondary N) is 2. The Kier molecular flexibility index (Phi) is 10.3. The van der Waals surface area contributed by atoms with Crippen molar-refractivity contribution in [3.05, 3.63) is 35.9 Å². The van der Waals surface area contributed by atoms with Crippen molar-refractivity contribution in [3.8, 4) is 0 Å². The first-order chi connectivity index (χ1) is 11.2. The zero-order chi connectivity index (χ0) is 16.5. The van der Waals surface area contributed by atoms with Crippen LogP contribution in [0.5, 0.6) is 0 Å². The number of nitrogens with zero attached hydrogens (tertiary/aromatic N) is 1. The monoisotopic (exact) mass is 445 g/mol. The van der Waals surface area contributed by atoms with Crippen LogP contribution in [0.15, 0.2) is 35.3 Å². The van der Waals surface area contributed by atoms with Crippen LogP contribution in [-0.4, -0.2) is 37.8 Å². The third kappa shape index (κ3) is 6.59. The van der Waals surface area contributed by atoms with Crippen LogP contribution in [0, 0.1) is 11.8 Å². The molecule has 1 aliphatic rings. The van der Waals surface area contributed by atoms with Crippen LogP contribution >= 0.6 is 24.0 Å². The van der Waals surface area contributed by atoms with Gasteiger partial charge in [-0.1, -0.05) is 56.5 Å². The molecule has 0 bridgehead atoms. The molecule has 0 saturated heterocycles. The second-order valence-corrected chi connectivity index (χ2v) is 6.65. The van der Waals surface area contributed by atoms with Crippen LogP contribution in [0.25, 0.3) is 0 Å². The molecule has 1 aromatic carbocycles. The molecule has 24 heavy (non-hydrogen) atoms. The van der Waals surface area contributed by atoms with Gasteiger partial charge in [-0.25, -0.2) is 0 Å². The lowest BCUT2D eigenvalue weighted by molar-refractivity contribution is 0.255. The van der Waals surface area contributed by atoms with Gasteiger partial charge in [0.1, 0.15) is 0 Å². The van der Waals surface area contributed by atoms with Crippen molar-refractivity contribution in [1.29, 1.82) is 0 Å². The SMILES string of the molecule is CN=C(NCC(CO)c1ccccc1)NCC1CCCCC1C.I. The summed E-state index contributed by atoms with van der Waals surface area (Å²) in [6, 6.07) is 10.1. The molecule has 3 N–H and O–H groups in total. The molecule has 136 valence electrons. The van der Waals surface area contributed by atoms with Crippen molar-refractivity contribution in [2.75, 3.05) is 26.7 Å². The van der Waals surface area contributed by atoms with E-state index in [1.165, 1.54) is 25.7 Å². The fourth-order valence-corrected chi connectivity index (χ4v) is 3.38. The number of aliphatic hydroxyl groups excluding tert-OH is 1. The van der Waals surface area contributed by atoms with Crippen LogP contribution < -0.4 is 10.6 Å². The Hall–Kier alpha value is -0.820. The van der Waals surface area contributed by atoms with Crippen LogP contribution in [0.2, 0.25) is 0 Å². The molecule has 5 heteroatoms. The molecule has 0 aromatic heterocycles. The van der Waals surface area contributed by atoms with Crippen LogP contribution in [0.3, 0.4) is 0 Å². The van der Waals surface area contributed by atoms with Crippen molar-refractivity contribution in [2.24, 2.45) is 16.8 Å². The molecule has 1 aromatic rings. The first kappa shape index (κ1) is 21.2. The Morgan fingerprint density at radius 2 is 1.92 bits per heavy atom. The molecular weight excluding hydrogens is 413 g/mol. The maximum absolute atomic E-state index is 9.63. The Bertz CT molecular complexity index is 481. The molecule has 1 saturated carbocycles. The molecule has 3 atom stereocenters. The predicted molar refractivity (Wildman–Crippen MR) is 112 cm³/mol. The van der Waals surface area contributed by atoms with Crippen LogP contribution in [0.4, 0.5) is 0 Å². The minimum absolute atomic E-state index is 0. The summed E-state index contributed by atoms with van der Waals surface area (Å²) in [4.78, 5) is 4.31. The second-order valence-electron chi connectivity index (χ2n) is 6.65. The topological polar surface area (TPSA) is 56.7 Å². The van der Waals surface area contributed by atoms with E-state index in [0.717, 1.165) is 29.9 Å². The van der Waals surface area contributed by atoms with E-state index in [1.54, 1.807) is 7.05 Å². The number of aliphatic imine (C=N–C) groups is 1. The van der Waals surface area contributed by atoms with Gasteiger partial charge in [0.2, 0.25) is 0 Å². The number of benzene rings is 1. The van der Waals surface area contributed by atoms with Crippen LogP contribution in [0.1, 0.15) is 44.1 Å². The van der Waals surface area contributed by atoms with Gasteiger partial charge in [0, 0.05) is 26.1 Å². The molecule has 3 unspecified atom stereocenters. The number of guanidine groups is 1. The summed E-state index contributed by atoms with van der Waals surface area (Å²) in [6.07, 6.45) is 5.39. The third-order valence-corrected chi connectivity index (χ3v) is 5.05. The molecule has 1 fully saturated rings. The zero-order valence-electron chi connectivity index (χ0n) is 14.9. The molecular formula is C19H32IN3O. The average Bonchev–Trinajstić information content (AvgIpc) is 2.60. The minimum Gasteiger partial charge on any atom is -0.396 e. The average molecular weight is 445 g/mol. The smallest absolute Gasteiger partial charge is 0.191 e. The third-order valence-electron chi connectivity index (χ3n) is 5.05. The molecule has 0 spiro atoms. The van der Waals surface area contributed by atoms with Gasteiger partial charge in [0.15, 0.2) is 5.96 Å². The second kappa shape index (κ2) is 11.7. The van der Waals surface area contributed by atoms with E-state index in [9.17, 15) is 5.11 Å². The van der Waals surface area contributed by atoms with Gasteiger partial charge < -0.3 is 15.7 Å². The number of aliphatic hydroxyl groups is 1. The highest BCUT2D eigenvalue weighted by molar-refractivity contribution is 14.0. The van der Waals surface area contributed by atoms with E-state index < -0.39 is 0 Å². The summed E-state index contributed by atoms with van der Waals surface area (Å²) in [5.41, 5.74) is 1.15. The Balaban J connectivity index is 0.00000288. The molecule has 0 radical (unpaired) electrons. The molecule has 2 rings (SSSR count). The summed E-state index contributed by atoms with van der Waals surface area (Å²) in [5.74, 6) is 2.45. The summed E-state index contributed by atoms with van der Waals surface area (Å²) in [5, 5.41) is 16.4. The fourth-order valence-electron chi connectivity index (χ4n) is 3.38. The Labute approximate surface area is 163 Å². The largest absolute Gasteiger partial charge is 0.396 e. The highest BCUT2D eigenvalue weighted by Gasteiger charge is 2.21. The zero-order valence-corrected chi connectivity index (χ0v) is 17.2. The molecule has 1 aliphatic carbocycles. The molecule has 0 aliphatic heterocycles. The lowest BCUT2D eigenvalue weighted by Crippen LogP contribution is -2.43.